The zero-order valence-corrected chi connectivity index (χ0v) is 13.7. The van der Waals surface area contributed by atoms with Crippen molar-refractivity contribution in [1.82, 2.24) is 19.9 Å². The van der Waals surface area contributed by atoms with Crippen LogP contribution in [0.3, 0.4) is 0 Å². The second kappa shape index (κ2) is 6.74. The van der Waals surface area contributed by atoms with Gasteiger partial charge in [-0.2, -0.15) is 10.1 Å². The second-order valence-electron chi connectivity index (χ2n) is 5.29. The van der Waals surface area contributed by atoms with Crippen molar-refractivity contribution in [3.8, 4) is 10.7 Å². The summed E-state index contributed by atoms with van der Waals surface area (Å²) in [5.41, 5.74) is 0. The van der Waals surface area contributed by atoms with Crippen LogP contribution in [0.5, 0.6) is 0 Å². The highest BCUT2D eigenvalue weighted by Gasteiger charge is 2.13. The first-order chi connectivity index (χ1) is 11.1. The molecule has 0 aromatic carbocycles. The first kappa shape index (κ1) is 15.4. The molecule has 0 aliphatic rings. The van der Waals surface area contributed by atoms with E-state index in [1.807, 2.05) is 31.4 Å². The standard InChI is InChI=1S/C15H17N5O2S/c1-10(2)20-12(7-8-16-20)17-13(21)5-6-14-18-15(19-22-14)11-4-3-9-23-11/h3-4,7-10H,5-6H2,1-2H3,(H,17,21). The Morgan fingerprint density at radius 2 is 2.30 bits per heavy atom. The molecule has 1 N–H and O–H groups in total. The minimum absolute atomic E-state index is 0.108. The molecule has 3 aromatic heterocycles. The number of rotatable bonds is 6. The van der Waals surface area contributed by atoms with Gasteiger partial charge in [-0.15, -0.1) is 11.3 Å². The average molecular weight is 331 g/mol. The Morgan fingerprint density at radius 3 is 3.04 bits per heavy atom. The zero-order chi connectivity index (χ0) is 16.2. The van der Waals surface area contributed by atoms with E-state index in [1.165, 1.54) is 0 Å². The maximum Gasteiger partial charge on any atom is 0.227 e. The van der Waals surface area contributed by atoms with E-state index in [-0.39, 0.29) is 18.4 Å². The summed E-state index contributed by atoms with van der Waals surface area (Å²) in [6.45, 7) is 4.01. The number of carbonyl (C=O) groups excluding carboxylic acids is 1. The minimum Gasteiger partial charge on any atom is -0.339 e. The third kappa shape index (κ3) is 3.65. The zero-order valence-electron chi connectivity index (χ0n) is 12.9. The molecule has 3 rings (SSSR count). The van der Waals surface area contributed by atoms with Gasteiger partial charge in [-0.1, -0.05) is 11.2 Å². The predicted molar refractivity (Wildman–Crippen MR) is 87.2 cm³/mol. The molecular formula is C15H17N5O2S. The number of anilines is 1. The van der Waals surface area contributed by atoms with Gasteiger partial charge in [-0.05, 0) is 25.3 Å². The molecule has 0 saturated heterocycles. The Hall–Kier alpha value is -2.48. The van der Waals surface area contributed by atoms with Crippen LogP contribution in [-0.2, 0) is 11.2 Å². The maximum atomic E-state index is 12.1. The van der Waals surface area contributed by atoms with E-state index in [4.69, 9.17) is 4.52 Å². The molecule has 8 heteroatoms. The van der Waals surface area contributed by atoms with Gasteiger partial charge in [0.2, 0.25) is 17.6 Å². The van der Waals surface area contributed by atoms with Gasteiger partial charge in [0, 0.05) is 24.9 Å². The molecule has 0 fully saturated rings. The Labute approximate surface area is 137 Å². The van der Waals surface area contributed by atoms with Gasteiger partial charge in [0.1, 0.15) is 5.82 Å². The highest BCUT2D eigenvalue weighted by Crippen LogP contribution is 2.21. The first-order valence-electron chi connectivity index (χ1n) is 7.33. The average Bonchev–Trinajstić information content (AvgIpc) is 3.25. The van der Waals surface area contributed by atoms with Crippen molar-refractivity contribution in [2.75, 3.05) is 5.32 Å². The summed E-state index contributed by atoms with van der Waals surface area (Å²) in [5.74, 6) is 1.60. The fourth-order valence-corrected chi connectivity index (χ4v) is 2.76. The van der Waals surface area contributed by atoms with Gasteiger partial charge >= 0.3 is 0 Å². The van der Waals surface area contributed by atoms with Crippen molar-refractivity contribution in [1.29, 1.82) is 0 Å². The summed E-state index contributed by atoms with van der Waals surface area (Å²) in [7, 11) is 0. The molecule has 0 bridgehead atoms. The Bertz CT molecular complexity index is 776. The van der Waals surface area contributed by atoms with Gasteiger partial charge in [0.25, 0.3) is 0 Å². The molecule has 0 aliphatic heterocycles. The summed E-state index contributed by atoms with van der Waals surface area (Å²) < 4.78 is 6.95. The number of amides is 1. The van der Waals surface area contributed by atoms with E-state index in [2.05, 4.69) is 20.6 Å². The summed E-state index contributed by atoms with van der Waals surface area (Å²) in [5, 5.41) is 12.9. The van der Waals surface area contributed by atoms with E-state index in [0.29, 0.717) is 24.0 Å². The smallest absolute Gasteiger partial charge is 0.227 e. The monoisotopic (exact) mass is 331 g/mol. The van der Waals surface area contributed by atoms with Gasteiger partial charge in [0.05, 0.1) is 11.1 Å². The number of nitrogens with zero attached hydrogens (tertiary/aromatic N) is 4. The molecule has 0 atom stereocenters. The summed E-state index contributed by atoms with van der Waals surface area (Å²) in [4.78, 5) is 17.3. The van der Waals surface area contributed by atoms with Crippen molar-refractivity contribution >= 4 is 23.1 Å². The highest BCUT2D eigenvalue weighted by atomic mass is 32.1. The highest BCUT2D eigenvalue weighted by molar-refractivity contribution is 7.13. The molecule has 0 radical (unpaired) electrons. The van der Waals surface area contributed by atoms with Crippen LogP contribution in [0, 0.1) is 0 Å². The Kier molecular flexibility index (Phi) is 4.52. The molecule has 120 valence electrons. The molecule has 1 amide bonds. The topological polar surface area (TPSA) is 85.8 Å². The minimum atomic E-state index is -0.108. The molecule has 3 heterocycles. The van der Waals surface area contributed by atoms with Crippen molar-refractivity contribution in [2.24, 2.45) is 0 Å². The van der Waals surface area contributed by atoms with E-state index < -0.39 is 0 Å². The van der Waals surface area contributed by atoms with Crippen molar-refractivity contribution < 1.29 is 9.32 Å². The molecule has 0 saturated carbocycles. The second-order valence-corrected chi connectivity index (χ2v) is 6.24. The maximum absolute atomic E-state index is 12.1. The summed E-state index contributed by atoms with van der Waals surface area (Å²) >= 11 is 1.55. The van der Waals surface area contributed by atoms with Crippen LogP contribution in [0.1, 0.15) is 32.2 Å². The van der Waals surface area contributed by atoms with Crippen molar-refractivity contribution in [2.45, 2.75) is 32.7 Å². The molecule has 7 nitrogen and oxygen atoms in total. The number of hydrogen-bond acceptors (Lipinski definition) is 6. The summed E-state index contributed by atoms with van der Waals surface area (Å²) in [6.07, 6.45) is 2.34. The largest absolute Gasteiger partial charge is 0.339 e. The number of carbonyl (C=O) groups is 1. The molecule has 0 spiro atoms. The van der Waals surface area contributed by atoms with Crippen LogP contribution in [0.15, 0.2) is 34.3 Å². The number of thiophene rings is 1. The molecule has 23 heavy (non-hydrogen) atoms. The van der Waals surface area contributed by atoms with Crippen LogP contribution in [0.2, 0.25) is 0 Å². The van der Waals surface area contributed by atoms with E-state index >= 15 is 0 Å². The fourth-order valence-electron chi connectivity index (χ4n) is 2.11. The molecule has 0 aliphatic carbocycles. The van der Waals surface area contributed by atoms with Gasteiger partial charge < -0.3 is 9.84 Å². The number of aryl methyl sites for hydroxylation is 1. The number of hydrogen-bond donors (Lipinski definition) is 1. The lowest BCUT2D eigenvalue weighted by atomic mass is 10.3. The van der Waals surface area contributed by atoms with Crippen LogP contribution in [0.4, 0.5) is 5.82 Å². The van der Waals surface area contributed by atoms with Gasteiger partial charge in [-0.25, -0.2) is 4.68 Å². The lowest BCUT2D eigenvalue weighted by Crippen LogP contribution is -2.17. The van der Waals surface area contributed by atoms with E-state index in [0.717, 1.165) is 4.88 Å². The Morgan fingerprint density at radius 1 is 1.43 bits per heavy atom. The first-order valence-corrected chi connectivity index (χ1v) is 8.21. The van der Waals surface area contributed by atoms with Gasteiger partial charge in [-0.3, -0.25) is 4.79 Å². The SMILES string of the molecule is CC(C)n1nccc1NC(=O)CCc1nc(-c2cccs2)no1. The van der Waals surface area contributed by atoms with Crippen LogP contribution in [0.25, 0.3) is 10.7 Å². The van der Waals surface area contributed by atoms with E-state index in [9.17, 15) is 4.79 Å². The van der Waals surface area contributed by atoms with Crippen LogP contribution in [-0.4, -0.2) is 25.8 Å². The normalized spacial score (nSPS) is 11.1. The van der Waals surface area contributed by atoms with Crippen LogP contribution < -0.4 is 5.32 Å². The fraction of sp³-hybridized carbons (Fsp3) is 0.333. The summed E-state index contributed by atoms with van der Waals surface area (Å²) in [6, 6.07) is 5.82. The van der Waals surface area contributed by atoms with Crippen LogP contribution >= 0.6 is 11.3 Å². The van der Waals surface area contributed by atoms with Crippen molar-refractivity contribution in [3.05, 3.63) is 35.7 Å². The Balaban J connectivity index is 1.56. The predicted octanol–water partition coefficient (Wildman–Crippen LogP) is 3.15. The third-order valence-electron chi connectivity index (χ3n) is 3.20. The third-order valence-corrected chi connectivity index (χ3v) is 4.07. The number of nitrogens with one attached hydrogen (secondary N) is 1. The lowest BCUT2D eigenvalue weighted by molar-refractivity contribution is -0.116. The number of aromatic nitrogens is 4. The van der Waals surface area contributed by atoms with E-state index in [1.54, 1.807) is 28.3 Å². The van der Waals surface area contributed by atoms with Crippen molar-refractivity contribution in [3.63, 3.8) is 0 Å². The molecule has 0 unspecified atom stereocenters. The van der Waals surface area contributed by atoms with Gasteiger partial charge in [0.15, 0.2) is 0 Å². The quantitative estimate of drug-likeness (QED) is 0.750. The molecule has 3 aromatic rings. The molecular weight excluding hydrogens is 314 g/mol. The lowest BCUT2D eigenvalue weighted by Gasteiger charge is -2.11.